The zero-order valence-electron chi connectivity index (χ0n) is 14.3. The van der Waals surface area contributed by atoms with E-state index in [4.69, 9.17) is 0 Å². The summed E-state index contributed by atoms with van der Waals surface area (Å²) in [6, 6.07) is 7.25. The predicted molar refractivity (Wildman–Crippen MR) is 89.2 cm³/mol. The van der Waals surface area contributed by atoms with E-state index in [0.29, 0.717) is 12.1 Å². The molecule has 1 amide bonds. The van der Waals surface area contributed by atoms with Crippen LogP contribution in [0.15, 0.2) is 36.7 Å². The number of ketones is 1. The van der Waals surface area contributed by atoms with Gasteiger partial charge in [-0.1, -0.05) is 45.0 Å². The number of benzene rings is 1. The molecule has 0 saturated carbocycles. The molecule has 5 nitrogen and oxygen atoms in total. The Hall–Kier alpha value is -2.43. The summed E-state index contributed by atoms with van der Waals surface area (Å²) in [5.41, 5.74) is 2.45. The molecular formula is C18H23N3O2. The Labute approximate surface area is 136 Å². The van der Waals surface area contributed by atoms with Crippen LogP contribution in [0.2, 0.25) is 0 Å². The first-order valence-corrected chi connectivity index (χ1v) is 7.56. The minimum atomic E-state index is -0.516. The maximum absolute atomic E-state index is 12.3. The average molecular weight is 313 g/mol. The zero-order chi connectivity index (χ0) is 17.2. The Morgan fingerprint density at radius 1 is 1.17 bits per heavy atom. The van der Waals surface area contributed by atoms with Crippen LogP contribution in [0, 0.1) is 0 Å². The average Bonchev–Trinajstić information content (AvgIpc) is 2.90. The monoisotopic (exact) mass is 313 g/mol. The van der Waals surface area contributed by atoms with Crippen molar-refractivity contribution >= 4 is 11.7 Å². The summed E-state index contributed by atoms with van der Waals surface area (Å²) >= 11 is 0. The lowest BCUT2D eigenvalue weighted by Gasteiger charge is -2.19. The van der Waals surface area contributed by atoms with E-state index in [1.807, 2.05) is 25.4 Å². The normalized spacial score (nSPS) is 11.3. The van der Waals surface area contributed by atoms with Crippen LogP contribution in [-0.2, 0) is 23.8 Å². The molecule has 0 aliphatic heterocycles. The Balaban J connectivity index is 2.08. The number of aryl methyl sites for hydroxylation is 1. The quantitative estimate of drug-likeness (QED) is 0.644. The van der Waals surface area contributed by atoms with Gasteiger partial charge in [0.05, 0.1) is 6.20 Å². The number of nitrogens with zero attached hydrogens (tertiary/aromatic N) is 3. The lowest BCUT2D eigenvalue weighted by Crippen LogP contribution is -2.32. The summed E-state index contributed by atoms with van der Waals surface area (Å²) in [7, 11) is 3.43. The van der Waals surface area contributed by atoms with E-state index in [0.717, 1.165) is 11.1 Å². The first kappa shape index (κ1) is 16.9. The molecule has 0 radical (unpaired) electrons. The molecule has 1 heterocycles. The van der Waals surface area contributed by atoms with Crippen LogP contribution in [0.3, 0.4) is 0 Å². The van der Waals surface area contributed by atoms with Crippen LogP contribution in [0.1, 0.15) is 42.3 Å². The molecule has 0 saturated heterocycles. The van der Waals surface area contributed by atoms with E-state index in [9.17, 15) is 9.59 Å². The van der Waals surface area contributed by atoms with Gasteiger partial charge in [0.1, 0.15) is 0 Å². The van der Waals surface area contributed by atoms with E-state index >= 15 is 0 Å². The van der Waals surface area contributed by atoms with Crippen molar-refractivity contribution in [3.63, 3.8) is 0 Å². The van der Waals surface area contributed by atoms with Crippen molar-refractivity contribution in [1.82, 2.24) is 14.7 Å². The molecular weight excluding hydrogens is 290 g/mol. The molecule has 0 fully saturated rings. The minimum Gasteiger partial charge on any atom is -0.334 e. The third kappa shape index (κ3) is 4.06. The Bertz CT molecular complexity index is 709. The molecule has 0 spiro atoms. The predicted octanol–water partition coefficient (Wildman–Crippen LogP) is 2.56. The Kier molecular flexibility index (Phi) is 4.68. The van der Waals surface area contributed by atoms with Gasteiger partial charge in [0.2, 0.25) is 5.78 Å². The molecule has 2 rings (SSSR count). The van der Waals surface area contributed by atoms with Crippen molar-refractivity contribution < 1.29 is 9.59 Å². The van der Waals surface area contributed by atoms with Gasteiger partial charge in [0, 0.05) is 38.0 Å². The maximum atomic E-state index is 12.3. The fourth-order valence-electron chi connectivity index (χ4n) is 2.32. The van der Waals surface area contributed by atoms with Gasteiger partial charge < -0.3 is 4.90 Å². The van der Waals surface area contributed by atoms with Crippen molar-refractivity contribution in [2.45, 2.75) is 32.7 Å². The van der Waals surface area contributed by atoms with Gasteiger partial charge in [-0.15, -0.1) is 0 Å². The zero-order valence-corrected chi connectivity index (χ0v) is 14.3. The summed E-state index contributed by atoms with van der Waals surface area (Å²) in [5.74, 6) is -1.01. The number of carbonyl (C=O) groups excluding carboxylic acids is 2. The number of likely N-dealkylation sites (N-methyl/N-ethyl adjacent to an activating group) is 1. The maximum Gasteiger partial charge on any atom is 0.295 e. The topological polar surface area (TPSA) is 55.2 Å². The minimum absolute atomic E-state index is 0.0166. The lowest BCUT2D eigenvalue weighted by molar-refractivity contribution is -0.125. The molecule has 1 aromatic heterocycles. The summed E-state index contributed by atoms with van der Waals surface area (Å²) < 4.78 is 1.67. The molecule has 0 aliphatic carbocycles. The van der Waals surface area contributed by atoms with Crippen LogP contribution < -0.4 is 0 Å². The molecule has 1 aromatic carbocycles. The van der Waals surface area contributed by atoms with Crippen LogP contribution in [0.5, 0.6) is 0 Å². The SMILES string of the molecule is CN(Cc1cnn(C)c1)C(=O)C(=O)c1ccc(C(C)(C)C)cc1. The molecule has 2 aromatic rings. The second-order valence-corrected chi connectivity index (χ2v) is 6.84. The summed E-state index contributed by atoms with van der Waals surface area (Å²) in [5, 5.41) is 4.06. The van der Waals surface area contributed by atoms with Gasteiger partial charge in [0.15, 0.2) is 0 Å². The number of amides is 1. The van der Waals surface area contributed by atoms with E-state index in [1.54, 1.807) is 30.1 Å². The van der Waals surface area contributed by atoms with Crippen LogP contribution in [0.4, 0.5) is 0 Å². The number of rotatable bonds is 4. The molecule has 0 unspecified atom stereocenters. The highest BCUT2D eigenvalue weighted by molar-refractivity contribution is 6.42. The highest BCUT2D eigenvalue weighted by Crippen LogP contribution is 2.22. The van der Waals surface area contributed by atoms with Gasteiger partial charge in [-0.3, -0.25) is 14.3 Å². The number of hydrogen-bond donors (Lipinski definition) is 0. The molecule has 0 atom stereocenters. The Morgan fingerprint density at radius 3 is 2.26 bits per heavy atom. The van der Waals surface area contributed by atoms with Gasteiger partial charge in [-0.05, 0) is 11.0 Å². The highest BCUT2D eigenvalue weighted by Gasteiger charge is 2.22. The third-order valence-corrected chi connectivity index (χ3v) is 3.73. The third-order valence-electron chi connectivity index (χ3n) is 3.73. The summed E-state index contributed by atoms with van der Waals surface area (Å²) in [6.07, 6.45) is 3.51. The fraction of sp³-hybridized carbons (Fsp3) is 0.389. The van der Waals surface area contributed by atoms with Crippen molar-refractivity contribution in [1.29, 1.82) is 0 Å². The molecule has 0 aliphatic rings. The molecule has 0 N–H and O–H groups in total. The van der Waals surface area contributed by atoms with E-state index in [-0.39, 0.29) is 5.41 Å². The van der Waals surface area contributed by atoms with Crippen molar-refractivity contribution in [3.8, 4) is 0 Å². The number of Topliss-reactive ketones (excluding diaryl/α,β-unsaturated/α-hetero) is 1. The second-order valence-electron chi connectivity index (χ2n) is 6.84. The first-order chi connectivity index (χ1) is 10.7. The number of aromatic nitrogens is 2. The molecule has 122 valence electrons. The smallest absolute Gasteiger partial charge is 0.295 e. The van der Waals surface area contributed by atoms with E-state index in [1.165, 1.54) is 4.90 Å². The largest absolute Gasteiger partial charge is 0.334 e. The number of carbonyl (C=O) groups is 2. The molecule has 0 bridgehead atoms. The fourth-order valence-corrected chi connectivity index (χ4v) is 2.32. The van der Waals surface area contributed by atoms with Crippen molar-refractivity contribution in [2.75, 3.05) is 7.05 Å². The van der Waals surface area contributed by atoms with Crippen molar-refractivity contribution in [2.24, 2.45) is 7.05 Å². The van der Waals surface area contributed by atoms with Gasteiger partial charge >= 0.3 is 0 Å². The van der Waals surface area contributed by atoms with Gasteiger partial charge in [0.25, 0.3) is 5.91 Å². The molecule has 23 heavy (non-hydrogen) atoms. The number of hydrogen-bond acceptors (Lipinski definition) is 3. The molecule has 5 heteroatoms. The van der Waals surface area contributed by atoms with Crippen molar-refractivity contribution in [3.05, 3.63) is 53.3 Å². The van der Waals surface area contributed by atoms with Gasteiger partial charge in [-0.25, -0.2) is 0 Å². The van der Waals surface area contributed by atoms with Crippen LogP contribution in [-0.4, -0.2) is 33.4 Å². The highest BCUT2D eigenvalue weighted by atomic mass is 16.2. The summed E-state index contributed by atoms with van der Waals surface area (Å²) in [4.78, 5) is 26.0. The van der Waals surface area contributed by atoms with E-state index in [2.05, 4.69) is 25.9 Å². The van der Waals surface area contributed by atoms with Crippen LogP contribution >= 0.6 is 0 Å². The first-order valence-electron chi connectivity index (χ1n) is 7.56. The standard InChI is InChI=1S/C18H23N3O2/c1-18(2,3)15-8-6-14(7-9-15)16(22)17(23)20(4)11-13-10-19-21(5)12-13/h6-10,12H,11H2,1-5H3. The lowest BCUT2D eigenvalue weighted by atomic mass is 9.86. The summed E-state index contributed by atoms with van der Waals surface area (Å²) in [6.45, 7) is 6.68. The Morgan fingerprint density at radius 2 is 1.78 bits per heavy atom. The van der Waals surface area contributed by atoms with E-state index < -0.39 is 11.7 Å². The second kappa shape index (κ2) is 6.36. The van der Waals surface area contributed by atoms with Crippen LogP contribution in [0.25, 0.3) is 0 Å². The van der Waals surface area contributed by atoms with Gasteiger partial charge in [-0.2, -0.15) is 5.10 Å².